The molecule has 3 saturated heterocycles. The first-order chi connectivity index (χ1) is 14.9. The zero-order chi connectivity index (χ0) is 21.8. The Balaban J connectivity index is 1.40. The summed E-state index contributed by atoms with van der Waals surface area (Å²) >= 11 is 0. The fourth-order valence-corrected chi connectivity index (χ4v) is 6.38. The van der Waals surface area contributed by atoms with Crippen LogP contribution < -0.4 is 5.32 Å². The summed E-state index contributed by atoms with van der Waals surface area (Å²) in [6.45, 7) is 5.52. The van der Waals surface area contributed by atoms with E-state index in [0.717, 1.165) is 44.2 Å². The molecule has 6 heteroatoms. The van der Waals surface area contributed by atoms with E-state index in [4.69, 9.17) is 0 Å². The lowest BCUT2D eigenvalue weighted by atomic mass is 9.71. The Morgan fingerprint density at radius 2 is 1.84 bits per heavy atom. The molecule has 1 aromatic rings. The van der Waals surface area contributed by atoms with Crippen molar-refractivity contribution in [1.82, 2.24) is 15.1 Å². The molecule has 1 aliphatic carbocycles. The summed E-state index contributed by atoms with van der Waals surface area (Å²) in [5, 5.41) is 2.95. The van der Waals surface area contributed by atoms with Gasteiger partial charge in [0.2, 0.25) is 17.7 Å². The number of fused-ring (bicyclic) bond motifs is 4. The van der Waals surface area contributed by atoms with Gasteiger partial charge in [-0.15, -0.1) is 0 Å². The molecule has 4 fully saturated rings. The Morgan fingerprint density at radius 3 is 2.52 bits per heavy atom. The van der Waals surface area contributed by atoms with Crippen molar-refractivity contribution in [2.45, 2.75) is 69.9 Å². The van der Waals surface area contributed by atoms with Crippen LogP contribution in [0.25, 0.3) is 0 Å². The molecule has 0 radical (unpaired) electrons. The standard InChI is InChI=1S/C25H33N3O3/c1-16-6-8-20(9-7-16)25(10-11-25)24(31)27-14-18-12-19(15-27)22(13-26-17(2)29)28-21(18)4-3-5-23(28)30/h6-9,18-19,21-22H,3-5,10-15H2,1-2H3,(H,26,29)/t18-,19+,21+,22+/m1/s1. The first kappa shape index (κ1) is 20.5. The highest BCUT2D eigenvalue weighted by Gasteiger charge is 2.56. The van der Waals surface area contributed by atoms with Gasteiger partial charge >= 0.3 is 0 Å². The van der Waals surface area contributed by atoms with Crippen LogP contribution in [0.15, 0.2) is 24.3 Å². The molecule has 1 saturated carbocycles. The first-order valence-electron chi connectivity index (χ1n) is 11.8. The van der Waals surface area contributed by atoms with Crippen LogP contribution in [0.3, 0.4) is 0 Å². The van der Waals surface area contributed by atoms with Crippen molar-refractivity contribution >= 4 is 17.7 Å². The van der Waals surface area contributed by atoms with E-state index < -0.39 is 0 Å². The van der Waals surface area contributed by atoms with Gasteiger partial charge in [0.1, 0.15) is 0 Å². The maximum absolute atomic E-state index is 13.8. The third-order valence-electron chi connectivity index (χ3n) is 8.11. The van der Waals surface area contributed by atoms with Gasteiger partial charge in [-0.3, -0.25) is 14.4 Å². The highest BCUT2D eigenvalue weighted by molar-refractivity contribution is 5.91. The second-order valence-corrected chi connectivity index (χ2v) is 10.2. The van der Waals surface area contributed by atoms with Crippen molar-refractivity contribution in [2.75, 3.05) is 19.6 Å². The van der Waals surface area contributed by atoms with Gasteiger partial charge < -0.3 is 15.1 Å². The number of nitrogens with zero attached hydrogens (tertiary/aromatic N) is 2. The SMILES string of the molecule is CC(=O)NC[C@H]1[C@H]2C[C@H](CN(C(=O)C3(c4ccc(C)cc4)CC3)C2)[C@@H]2CCCC(=O)N21. The second kappa shape index (κ2) is 7.64. The number of aryl methyl sites for hydroxylation is 1. The monoisotopic (exact) mass is 423 g/mol. The smallest absolute Gasteiger partial charge is 0.233 e. The molecule has 3 heterocycles. The topological polar surface area (TPSA) is 69.7 Å². The quantitative estimate of drug-likeness (QED) is 0.809. The molecule has 166 valence electrons. The Labute approximate surface area is 184 Å². The number of hydrogen-bond acceptors (Lipinski definition) is 3. The predicted octanol–water partition coefficient (Wildman–Crippen LogP) is 2.39. The summed E-state index contributed by atoms with van der Waals surface area (Å²) < 4.78 is 0. The maximum atomic E-state index is 13.8. The molecule has 4 aliphatic rings. The molecule has 31 heavy (non-hydrogen) atoms. The molecule has 3 amide bonds. The van der Waals surface area contributed by atoms with Crippen molar-refractivity contribution in [2.24, 2.45) is 11.8 Å². The van der Waals surface area contributed by atoms with Crippen LogP contribution in [0.2, 0.25) is 0 Å². The van der Waals surface area contributed by atoms with Gasteiger partial charge in [0.05, 0.1) is 11.5 Å². The predicted molar refractivity (Wildman–Crippen MR) is 117 cm³/mol. The van der Waals surface area contributed by atoms with E-state index in [-0.39, 0.29) is 41.1 Å². The van der Waals surface area contributed by atoms with Crippen molar-refractivity contribution in [1.29, 1.82) is 0 Å². The lowest BCUT2D eigenvalue weighted by molar-refractivity contribution is -0.157. The van der Waals surface area contributed by atoms with Gasteiger partial charge in [-0.05, 0) is 56.4 Å². The third-order valence-corrected chi connectivity index (χ3v) is 8.11. The lowest BCUT2D eigenvalue weighted by Crippen LogP contribution is -2.67. The summed E-state index contributed by atoms with van der Waals surface area (Å²) in [6, 6.07) is 8.62. The highest BCUT2D eigenvalue weighted by atomic mass is 16.2. The fourth-order valence-electron chi connectivity index (χ4n) is 6.38. The molecule has 1 N–H and O–H groups in total. The number of amides is 3. The van der Waals surface area contributed by atoms with Crippen LogP contribution in [-0.2, 0) is 19.8 Å². The summed E-state index contributed by atoms with van der Waals surface area (Å²) in [5.74, 6) is 0.985. The Morgan fingerprint density at radius 1 is 1.13 bits per heavy atom. The highest BCUT2D eigenvalue weighted by Crippen LogP contribution is 2.51. The average Bonchev–Trinajstić information content (AvgIpc) is 3.56. The Hall–Kier alpha value is -2.37. The number of benzene rings is 1. The maximum Gasteiger partial charge on any atom is 0.233 e. The number of rotatable bonds is 4. The molecule has 4 atom stereocenters. The molecule has 0 spiro atoms. The van der Waals surface area contributed by atoms with Gasteiger partial charge in [0.15, 0.2) is 0 Å². The van der Waals surface area contributed by atoms with E-state index in [1.165, 1.54) is 12.5 Å². The molecule has 6 nitrogen and oxygen atoms in total. The molecule has 0 aromatic heterocycles. The summed E-state index contributed by atoms with van der Waals surface area (Å²) in [6.07, 6.45) is 5.42. The minimum absolute atomic E-state index is 0.0110. The number of likely N-dealkylation sites (tertiary alicyclic amines) is 1. The fraction of sp³-hybridized carbons (Fsp3) is 0.640. The molecule has 0 unspecified atom stereocenters. The molecular formula is C25H33N3O3. The van der Waals surface area contributed by atoms with Crippen LogP contribution in [0.5, 0.6) is 0 Å². The summed E-state index contributed by atoms with van der Waals surface area (Å²) in [4.78, 5) is 42.4. The van der Waals surface area contributed by atoms with E-state index in [2.05, 4.69) is 46.3 Å². The van der Waals surface area contributed by atoms with Crippen LogP contribution in [-0.4, -0.2) is 59.2 Å². The molecule has 3 aliphatic heterocycles. The van der Waals surface area contributed by atoms with Crippen LogP contribution in [0.1, 0.15) is 56.6 Å². The van der Waals surface area contributed by atoms with E-state index >= 15 is 0 Å². The van der Waals surface area contributed by atoms with Crippen molar-refractivity contribution in [3.63, 3.8) is 0 Å². The number of nitrogens with one attached hydrogen (secondary N) is 1. The van der Waals surface area contributed by atoms with E-state index in [1.54, 1.807) is 0 Å². The number of carbonyl (C=O) groups is 3. The third kappa shape index (κ3) is 3.54. The van der Waals surface area contributed by atoms with Gasteiger partial charge in [-0.2, -0.15) is 0 Å². The minimum atomic E-state index is -0.353. The van der Waals surface area contributed by atoms with Crippen LogP contribution in [0.4, 0.5) is 0 Å². The minimum Gasteiger partial charge on any atom is -0.354 e. The Bertz CT molecular complexity index is 892. The number of piperidine rings is 3. The lowest BCUT2D eigenvalue weighted by Gasteiger charge is -2.56. The summed E-state index contributed by atoms with van der Waals surface area (Å²) in [7, 11) is 0. The Kier molecular flexibility index (Phi) is 5.06. The van der Waals surface area contributed by atoms with Crippen molar-refractivity contribution < 1.29 is 14.4 Å². The van der Waals surface area contributed by atoms with Gasteiger partial charge in [0, 0.05) is 39.0 Å². The van der Waals surface area contributed by atoms with Crippen molar-refractivity contribution in [3.8, 4) is 0 Å². The normalized spacial score (nSPS) is 31.1. The van der Waals surface area contributed by atoms with Gasteiger partial charge in [-0.1, -0.05) is 29.8 Å². The van der Waals surface area contributed by atoms with Crippen LogP contribution >= 0.6 is 0 Å². The van der Waals surface area contributed by atoms with Crippen molar-refractivity contribution in [3.05, 3.63) is 35.4 Å². The molecule has 2 bridgehead atoms. The zero-order valence-corrected chi connectivity index (χ0v) is 18.6. The number of hydrogen-bond donors (Lipinski definition) is 1. The van der Waals surface area contributed by atoms with E-state index in [9.17, 15) is 14.4 Å². The first-order valence-corrected chi connectivity index (χ1v) is 11.8. The molecule has 1 aromatic carbocycles. The van der Waals surface area contributed by atoms with Gasteiger partial charge in [-0.25, -0.2) is 0 Å². The number of carbonyl (C=O) groups excluding carboxylic acids is 3. The van der Waals surface area contributed by atoms with E-state index in [0.29, 0.717) is 25.4 Å². The largest absolute Gasteiger partial charge is 0.354 e. The molecule has 5 rings (SSSR count). The average molecular weight is 424 g/mol. The van der Waals surface area contributed by atoms with Gasteiger partial charge in [0.25, 0.3) is 0 Å². The second-order valence-electron chi connectivity index (χ2n) is 10.2. The molecular weight excluding hydrogens is 390 g/mol. The zero-order valence-electron chi connectivity index (χ0n) is 18.6. The van der Waals surface area contributed by atoms with Crippen LogP contribution in [0, 0.1) is 18.8 Å². The van der Waals surface area contributed by atoms with E-state index in [1.807, 2.05) is 0 Å². The summed E-state index contributed by atoms with van der Waals surface area (Å²) in [5.41, 5.74) is 2.00.